The van der Waals surface area contributed by atoms with Gasteiger partial charge >= 0.3 is 0 Å². The molecule has 142 valence electrons. The maximum absolute atomic E-state index is 12.9. The molecule has 0 fully saturated rings. The van der Waals surface area contributed by atoms with Gasteiger partial charge < -0.3 is 0 Å². The first-order valence-corrected chi connectivity index (χ1v) is 11.6. The van der Waals surface area contributed by atoms with E-state index >= 15 is 0 Å². The maximum atomic E-state index is 12.9. The molecule has 4 rings (SSSR count). The number of fused-ring (bicyclic) bond motifs is 2. The molecule has 0 aromatic heterocycles. The molecule has 0 amide bonds. The molecule has 0 saturated carbocycles. The second-order valence-electron chi connectivity index (χ2n) is 7.32. The Labute approximate surface area is 173 Å². The largest absolute Gasteiger partial charge is 0.298 e. The number of allylic oxidation sites excluding steroid dienone is 2. The third-order valence-corrected chi connectivity index (χ3v) is 9.62. The fourth-order valence-electron chi connectivity index (χ4n) is 4.03. The normalized spacial score (nSPS) is 25.1. The van der Waals surface area contributed by atoms with Gasteiger partial charge in [0.15, 0.2) is 11.6 Å². The van der Waals surface area contributed by atoms with Gasteiger partial charge in [-0.2, -0.15) is 0 Å². The molecule has 0 heterocycles. The molecular formula is C24H22O2S2. The summed E-state index contributed by atoms with van der Waals surface area (Å²) >= 11 is 0. The molecule has 2 nitrogen and oxygen atoms in total. The van der Waals surface area contributed by atoms with E-state index < -0.39 is 9.49 Å². The van der Waals surface area contributed by atoms with Gasteiger partial charge in [-0.1, -0.05) is 94.4 Å². The molecule has 4 heteroatoms. The Morgan fingerprint density at radius 1 is 0.714 bits per heavy atom. The van der Waals surface area contributed by atoms with Crippen LogP contribution in [0, 0.1) is 0 Å². The van der Waals surface area contributed by atoms with Crippen LogP contribution in [-0.2, 0) is 19.1 Å². The molecule has 2 aromatic rings. The first kappa shape index (κ1) is 19.3. The fraction of sp³-hybridized carbons (Fsp3) is 0.250. The average Bonchev–Trinajstić information content (AvgIpc) is 2.71. The Bertz CT molecular complexity index is 926. The Balaban J connectivity index is 1.76. The van der Waals surface area contributed by atoms with Crippen molar-refractivity contribution in [3.63, 3.8) is 0 Å². The smallest absolute Gasteiger partial charge is 0.151 e. The van der Waals surface area contributed by atoms with Crippen molar-refractivity contribution in [2.24, 2.45) is 0 Å². The van der Waals surface area contributed by atoms with E-state index in [0.717, 1.165) is 22.3 Å². The molecule has 2 aliphatic carbocycles. The van der Waals surface area contributed by atoms with Crippen LogP contribution in [0.3, 0.4) is 0 Å². The van der Waals surface area contributed by atoms with Gasteiger partial charge in [-0.25, -0.2) is 0 Å². The van der Waals surface area contributed by atoms with Gasteiger partial charge in [0.25, 0.3) is 0 Å². The molecule has 0 N–H and O–H groups in total. The van der Waals surface area contributed by atoms with Crippen LogP contribution in [0.5, 0.6) is 0 Å². The maximum Gasteiger partial charge on any atom is 0.151 e. The highest BCUT2D eigenvalue weighted by Crippen LogP contribution is 2.59. The molecule has 2 unspecified atom stereocenters. The Morgan fingerprint density at radius 3 is 1.50 bits per heavy atom. The van der Waals surface area contributed by atoms with Gasteiger partial charge in [0.1, 0.15) is 9.49 Å². The van der Waals surface area contributed by atoms with E-state index in [2.05, 4.69) is 24.3 Å². The summed E-state index contributed by atoms with van der Waals surface area (Å²) in [6.45, 7) is 3.33. The number of carbonyl (C=O) groups excluding carboxylic acids is 2. The topological polar surface area (TPSA) is 34.1 Å². The van der Waals surface area contributed by atoms with Gasteiger partial charge in [-0.05, 0) is 48.9 Å². The van der Waals surface area contributed by atoms with E-state index in [0.29, 0.717) is 12.8 Å². The monoisotopic (exact) mass is 406 g/mol. The Hall–Kier alpha value is -2.04. The highest BCUT2D eigenvalue weighted by molar-refractivity contribution is 8.77. The number of ketones is 2. The van der Waals surface area contributed by atoms with Crippen LogP contribution in [0.25, 0.3) is 12.2 Å². The van der Waals surface area contributed by atoms with Crippen LogP contribution in [-0.4, -0.2) is 11.6 Å². The number of Topliss-reactive ketones (excluding diaryl/α,β-unsaturated/α-hetero) is 2. The van der Waals surface area contributed by atoms with Crippen molar-refractivity contribution >= 4 is 45.3 Å². The summed E-state index contributed by atoms with van der Waals surface area (Å²) in [6.07, 6.45) is 9.60. The highest BCUT2D eigenvalue weighted by atomic mass is 33.1. The summed E-state index contributed by atoms with van der Waals surface area (Å²) in [6, 6.07) is 16.2. The molecule has 28 heavy (non-hydrogen) atoms. The lowest BCUT2D eigenvalue weighted by atomic mass is 9.84. The lowest BCUT2D eigenvalue weighted by molar-refractivity contribution is -0.120. The van der Waals surface area contributed by atoms with Crippen LogP contribution in [0.2, 0.25) is 0 Å². The van der Waals surface area contributed by atoms with E-state index in [1.54, 1.807) is 35.4 Å². The summed E-state index contributed by atoms with van der Waals surface area (Å²) in [7, 11) is 3.11. The molecule has 0 saturated heterocycles. The quantitative estimate of drug-likeness (QED) is 0.556. The first-order chi connectivity index (χ1) is 13.5. The fourth-order valence-corrected chi connectivity index (χ4v) is 7.93. The summed E-state index contributed by atoms with van der Waals surface area (Å²) in [5.41, 5.74) is 4.25. The summed E-state index contributed by atoms with van der Waals surface area (Å²) in [4.78, 5) is 25.8. The zero-order chi connectivity index (χ0) is 19.8. The third kappa shape index (κ3) is 2.99. The number of rotatable bonds is 5. The molecule has 0 bridgehead atoms. The highest BCUT2D eigenvalue weighted by Gasteiger charge is 2.46. The van der Waals surface area contributed by atoms with Crippen molar-refractivity contribution in [2.75, 3.05) is 0 Å². The minimum Gasteiger partial charge on any atom is -0.298 e. The molecule has 2 atom stereocenters. The lowest BCUT2D eigenvalue weighted by Gasteiger charge is -2.39. The van der Waals surface area contributed by atoms with Crippen LogP contribution < -0.4 is 0 Å². The van der Waals surface area contributed by atoms with Crippen molar-refractivity contribution in [1.29, 1.82) is 0 Å². The van der Waals surface area contributed by atoms with Crippen molar-refractivity contribution in [1.82, 2.24) is 0 Å². The summed E-state index contributed by atoms with van der Waals surface area (Å²) in [5.74, 6) is 0.250. The zero-order valence-corrected chi connectivity index (χ0v) is 17.6. The minimum absolute atomic E-state index is 0.125. The van der Waals surface area contributed by atoms with Gasteiger partial charge in [0, 0.05) is 0 Å². The van der Waals surface area contributed by atoms with Crippen LogP contribution in [0.15, 0.2) is 60.7 Å². The molecule has 2 aliphatic rings. The van der Waals surface area contributed by atoms with Crippen LogP contribution in [0.1, 0.15) is 48.9 Å². The second-order valence-corrected chi connectivity index (χ2v) is 10.0. The minimum atomic E-state index is -0.672. The summed E-state index contributed by atoms with van der Waals surface area (Å²) in [5, 5.41) is 0. The van der Waals surface area contributed by atoms with Crippen LogP contribution in [0.4, 0.5) is 0 Å². The third-order valence-electron chi connectivity index (χ3n) is 5.66. The van der Waals surface area contributed by atoms with Crippen molar-refractivity contribution in [3.8, 4) is 0 Å². The number of benzene rings is 2. The standard InChI is InChI=1S/C24H22O2S2/c1-17(25)23(15-7-11-19-9-3-5-13-21(19)23)27-28-24(18(2)26)16-8-12-20-10-4-6-14-22(20)24/h3-14H,15-16H2,1-2H3. The predicted octanol–water partition coefficient (Wildman–Crippen LogP) is 6.17. The first-order valence-electron chi connectivity index (χ1n) is 9.41. The molecular weight excluding hydrogens is 384 g/mol. The Morgan fingerprint density at radius 2 is 1.11 bits per heavy atom. The van der Waals surface area contributed by atoms with E-state index in [1.165, 1.54) is 0 Å². The number of carbonyl (C=O) groups is 2. The van der Waals surface area contributed by atoms with Crippen molar-refractivity contribution < 1.29 is 9.59 Å². The average molecular weight is 407 g/mol. The zero-order valence-electron chi connectivity index (χ0n) is 16.0. The van der Waals surface area contributed by atoms with E-state index in [4.69, 9.17) is 0 Å². The molecule has 0 aliphatic heterocycles. The second kappa shape index (κ2) is 7.41. The van der Waals surface area contributed by atoms with Gasteiger partial charge in [0.2, 0.25) is 0 Å². The van der Waals surface area contributed by atoms with E-state index in [9.17, 15) is 9.59 Å². The number of hydrogen-bond donors (Lipinski definition) is 0. The van der Waals surface area contributed by atoms with Gasteiger partial charge in [0.05, 0.1) is 0 Å². The summed E-state index contributed by atoms with van der Waals surface area (Å²) < 4.78 is -1.34. The SMILES string of the molecule is CC(=O)C1(SSC2(C(C)=O)CC=Cc3ccccc32)CC=Cc2ccccc21. The predicted molar refractivity (Wildman–Crippen MR) is 120 cm³/mol. The van der Waals surface area contributed by atoms with E-state index in [1.807, 2.05) is 48.5 Å². The number of hydrogen-bond acceptors (Lipinski definition) is 4. The van der Waals surface area contributed by atoms with Gasteiger partial charge in [-0.15, -0.1) is 0 Å². The van der Waals surface area contributed by atoms with Crippen LogP contribution >= 0.6 is 21.6 Å². The molecule has 2 aromatic carbocycles. The van der Waals surface area contributed by atoms with E-state index in [-0.39, 0.29) is 11.6 Å². The van der Waals surface area contributed by atoms with Crippen molar-refractivity contribution in [2.45, 2.75) is 36.2 Å². The lowest BCUT2D eigenvalue weighted by Crippen LogP contribution is -2.35. The molecule has 0 radical (unpaired) electrons. The van der Waals surface area contributed by atoms with Crippen molar-refractivity contribution in [3.05, 3.63) is 82.9 Å². The van der Waals surface area contributed by atoms with Gasteiger partial charge in [-0.3, -0.25) is 9.59 Å². The molecule has 0 spiro atoms. The Kier molecular flexibility index (Phi) is 5.11.